The van der Waals surface area contributed by atoms with E-state index in [9.17, 15) is 14.4 Å². The van der Waals surface area contributed by atoms with Gasteiger partial charge in [0.1, 0.15) is 0 Å². The molecule has 0 saturated heterocycles. The maximum absolute atomic E-state index is 13.3. The second-order valence-electron chi connectivity index (χ2n) is 6.85. The molecule has 0 aliphatic carbocycles. The lowest BCUT2D eigenvalue weighted by atomic mass is 9.90. The van der Waals surface area contributed by atoms with Gasteiger partial charge in [-0.05, 0) is 12.1 Å². The van der Waals surface area contributed by atoms with Crippen LogP contribution in [0.25, 0.3) is 0 Å². The highest BCUT2D eigenvalue weighted by Gasteiger charge is 2.22. The molecule has 0 spiro atoms. The Morgan fingerprint density at radius 2 is 0.767 bits per heavy atom. The zero-order chi connectivity index (χ0) is 20.9. The first-order valence-electron chi connectivity index (χ1n) is 9.58. The van der Waals surface area contributed by atoms with E-state index in [1.54, 1.807) is 84.9 Å². The Labute approximate surface area is 174 Å². The zero-order valence-corrected chi connectivity index (χ0v) is 16.1. The van der Waals surface area contributed by atoms with Crippen molar-refractivity contribution < 1.29 is 14.4 Å². The molecular weight excluding hydrogens is 372 g/mol. The Morgan fingerprint density at radius 3 is 1.23 bits per heavy atom. The molecule has 0 radical (unpaired) electrons. The van der Waals surface area contributed by atoms with Crippen molar-refractivity contribution in [3.05, 3.63) is 143 Å². The van der Waals surface area contributed by atoms with Crippen molar-refractivity contribution in [1.29, 1.82) is 0 Å². The molecule has 3 nitrogen and oxygen atoms in total. The first-order chi connectivity index (χ1) is 14.6. The quantitative estimate of drug-likeness (QED) is 0.415. The predicted octanol–water partition coefficient (Wildman–Crippen LogP) is 5.38. The van der Waals surface area contributed by atoms with Crippen LogP contribution in [0.1, 0.15) is 47.8 Å². The van der Waals surface area contributed by atoms with Gasteiger partial charge in [-0.2, -0.15) is 0 Å². The molecule has 4 rings (SSSR count). The SMILES string of the molecule is O=C(c1ccccc1)c1ccc(C(=O)c2ccccc2)c(C(=O)c2ccccc2)c1. The Hall–Kier alpha value is -4.11. The third-order valence-corrected chi connectivity index (χ3v) is 4.88. The summed E-state index contributed by atoms with van der Waals surface area (Å²) in [6.45, 7) is 0. The summed E-state index contributed by atoms with van der Waals surface area (Å²) < 4.78 is 0. The molecule has 0 unspecified atom stereocenters. The number of benzene rings is 4. The van der Waals surface area contributed by atoms with Gasteiger partial charge in [0.2, 0.25) is 0 Å². The van der Waals surface area contributed by atoms with E-state index in [0.717, 1.165) is 0 Å². The van der Waals surface area contributed by atoms with Gasteiger partial charge in [0.25, 0.3) is 0 Å². The first-order valence-corrected chi connectivity index (χ1v) is 9.58. The summed E-state index contributed by atoms with van der Waals surface area (Å²) in [5.41, 5.74) is 2.34. The summed E-state index contributed by atoms with van der Waals surface area (Å²) in [7, 11) is 0. The first kappa shape index (κ1) is 19.2. The predicted molar refractivity (Wildman–Crippen MR) is 116 cm³/mol. The summed E-state index contributed by atoms with van der Waals surface area (Å²) in [5.74, 6) is -0.748. The molecule has 0 atom stereocenters. The van der Waals surface area contributed by atoms with E-state index in [2.05, 4.69) is 0 Å². The summed E-state index contributed by atoms with van der Waals surface area (Å²) in [6, 6.07) is 31.1. The van der Waals surface area contributed by atoms with Gasteiger partial charge in [0.05, 0.1) is 0 Å². The van der Waals surface area contributed by atoms with Crippen LogP contribution in [0.2, 0.25) is 0 Å². The van der Waals surface area contributed by atoms with Gasteiger partial charge < -0.3 is 0 Å². The molecule has 0 amide bonds. The molecule has 4 aromatic carbocycles. The van der Waals surface area contributed by atoms with E-state index in [4.69, 9.17) is 0 Å². The van der Waals surface area contributed by atoms with Crippen molar-refractivity contribution in [3.63, 3.8) is 0 Å². The van der Waals surface area contributed by atoms with E-state index in [1.165, 1.54) is 6.07 Å². The van der Waals surface area contributed by atoms with Crippen LogP contribution in [0.4, 0.5) is 0 Å². The number of ketones is 3. The lowest BCUT2D eigenvalue weighted by Crippen LogP contribution is -2.13. The minimum atomic E-state index is -0.294. The van der Waals surface area contributed by atoms with Crippen molar-refractivity contribution >= 4 is 17.3 Å². The Kier molecular flexibility index (Phi) is 5.44. The summed E-state index contributed by atoms with van der Waals surface area (Å²) in [6.07, 6.45) is 0. The standard InChI is InChI=1S/C27H18O3/c28-25(19-10-4-1-5-11-19)22-16-17-23(26(29)20-12-6-2-7-13-20)24(18-22)27(30)21-14-8-3-9-15-21/h1-18H. The maximum atomic E-state index is 13.3. The van der Waals surface area contributed by atoms with Crippen LogP contribution in [0.3, 0.4) is 0 Å². The smallest absolute Gasteiger partial charge is 0.193 e. The number of hydrogen-bond acceptors (Lipinski definition) is 3. The van der Waals surface area contributed by atoms with Crippen LogP contribution in [0.5, 0.6) is 0 Å². The molecule has 0 bridgehead atoms. The highest BCUT2D eigenvalue weighted by atomic mass is 16.1. The molecule has 0 fully saturated rings. The van der Waals surface area contributed by atoms with Gasteiger partial charge in [-0.3, -0.25) is 14.4 Å². The fourth-order valence-corrected chi connectivity index (χ4v) is 3.32. The van der Waals surface area contributed by atoms with E-state index in [-0.39, 0.29) is 28.5 Å². The zero-order valence-electron chi connectivity index (χ0n) is 16.1. The summed E-state index contributed by atoms with van der Waals surface area (Å²) in [5, 5.41) is 0. The van der Waals surface area contributed by atoms with Gasteiger partial charge in [0.15, 0.2) is 17.3 Å². The highest BCUT2D eigenvalue weighted by molar-refractivity contribution is 6.21. The van der Waals surface area contributed by atoms with Crippen molar-refractivity contribution in [1.82, 2.24) is 0 Å². The second kappa shape index (κ2) is 8.50. The molecule has 30 heavy (non-hydrogen) atoms. The van der Waals surface area contributed by atoms with Crippen LogP contribution in [-0.2, 0) is 0 Å². The van der Waals surface area contributed by atoms with Crippen LogP contribution in [0, 0.1) is 0 Å². The van der Waals surface area contributed by atoms with Crippen molar-refractivity contribution in [2.45, 2.75) is 0 Å². The Morgan fingerprint density at radius 1 is 0.367 bits per heavy atom. The van der Waals surface area contributed by atoms with Gasteiger partial charge in [0, 0.05) is 33.4 Å². The monoisotopic (exact) mass is 390 g/mol. The molecule has 0 saturated carbocycles. The van der Waals surface area contributed by atoms with Crippen molar-refractivity contribution in [2.24, 2.45) is 0 Å². The number of carbonyl (C=O) groups excluding carboxylic acids is 3. The average molecular weight is 390 g/mol. The molecule has 144 valence electrons. The second-order valence-corrected chi connectivity index (χ2v) is 6.85. The van der Waals surface area contributed by atoms with Crippen LogP contribution in [-0.4, -0.2) is 17.3 Å². The molecule has 0 heterocycles. The Bertz CT molecular complexity index is 1210. The van der Waals surface area contributed by atoms with Crippen LogP contribution >= 0.6 is 0 Å². The fourth-order valence-electron chi connectivity index (χ4n) is 3.32. The molecule has 0 aromatic heterocycles. The largest absolute Gasteiger partial charge is 0.289 e. The van der Waals surface area contributed by atoms with Gasteiger partial charge in [-0.1, -0.05) is 97.1 Å². The fraction of sp³-hybridized carbons (Fsp3) is 0. The minimum absolute atomic E-state index is 0.198. The van der Waals surface area contributed by atoms with Crippen LogP contribution < -0.4 is 0 Å². The molecule has 0 aliphatic heterocycles. The average Bonchev–Trinajstić information content (AvgIpc) is 2.84. The highest BCUT2D eigenvalue weighted by Crippen LogP contribution is 2.22. The van der Waals surface area contributed by atoms with E-state index >= 15 is 0 Å². The van der Waals surface area contributed by atoms with E-state index < -0.39 is 0 Å². The number of carbonyl (C=O) groups is 3. The van der Waals surface area contributed by atoms with Gasteiger partial charge in [-0.15, -0.1) is 0 Å². The normalized spacial score (nSPS) is 10.4. The summed E-state index contributed by atoms with van der Waals surface area (Å²) >= 11 is 0. The number of hydrogen-bond donors (Lipinski definition) is 0. The third-order valence-electron chi connectivity index (χ3n) is 4.88. The number of rotatable bonds is 6. The van der Waals surface area contributed by atoms with E-state index in [1.807, 2.05) is 18.2 Å². The maximum Gasteiger partial charge on any atom is 0.193 e. The van der Waals surface area contributed by atoms with Crippen molar-refractivity contribution in [2.75, 3.05) is 0 Å². The van der Waals surface area contributed by atoms with Gasteiger partial charge >= 0.3 is 0 Å². The molecule has 4 aromatic rings. The van der Waals surface area contributed by atoms with Crippen LogP contribution in [0.15, 0.2) is 109 Å². The minimum Gasteiger partial charge on any atom is -0.289 e. The Balaban J connectivity index is 1.83. The van der Waals surface area contributed by atoms with Crippen molar-refractivity contribution in [3.8, 4) is 0 Å². The van der Waals surface area contributed by atoms with E-state index in [0.29, 0.717) is 22.3 Å². The lowest BCUT2D eigenvalue weighted by molar-refractivity contribution is 0.100. The van der Waals surface area contributed by atoms with Gasteiger partial charge in [-0.25, -0.2) is 0 Å². The third kappa shape index (κ3) is 3.87. The summed E-state index contributed by atoms with van der Waals surface area (Å²) in [4.78, 5) is 39.3. The molecule has 0 aliphatic rings. The molecule has 3 heteroatoms. The topological polar surface area (TPSA) is 51.2 Å². The lowest BCUT2D eigenvalue weighted by Gasteiger charge is -2.11. The molecular formula is C27H18O3. The molecule has 0 N–H and O–H groups in total.